The van der Waals surface area contributed by atoms with E-state index in [0.717, 1.165) is 16.8 Å². The molecule has 7 heteroatoms. The van der Waals surface area contributed by atoms with Crippen molar-refractivity contribution in [3.8, 4) is 11.3 Å². The highest BCUT2D eigenvalue weighted by molar-refractivity contribution is 6.04. The van der Waals surface area contributed by atoms with Crippen molar-refractivity contribution in [2.75, 3.05) is 5.32 Å². The van der Waals surface area contributed by atoms with E-state index in [-0.39, 0.29) is 18.3 Å². The van der Waals surface area contributed by atoms with Crippen LogP contribution in [0.25, 0.3) is 11.3 Å². The summed E-state index contributed by atoms with van der Waals surface area (Å²) in [5.74, 6) is -0.589. The van der Waals surface area contributed by atoms with E-state index in [9.17, 15) is 9.18 Å². The summed E-state index contributed by atoms with van der Waals surface area (Å²) < 4.78 is 15.7. The van der Waals surface area contributed by atoms with E-state index in [1.165, 1.54) is 6.07 Å². The molecule has 2 N–H and O–H groups in total. The van der Waals surface area contributed by atoms with E-state index in [1.807, 2.05) is 45.0 Å². The Bertz CT molecular complexity index is 1210. The average Bonchev–Trinajstić information content (AvgIpc) is 3.32. The predicted octanol–water partition coefficient (Wildman–Crippen LogP) is 4.64. The maximum absolute atomic E-state index is 14.0. The number of nitrogens with zero attached hydrogens (tertiary/aromatic N) is 3. The van der Waals surface area contributed by atoms with E-state index in [2.05, 4.69) is 20.6 Å². The van der Waals surface area contributed by atoms with Crippen LogP contribution < -0.4 is 5.32 Å². The second-order valence-electron chi connectivity index (χ2n) is 7.28. The summed E-state index contributed by atoms with van der Waals surface area (Å²) in [4.78, 5) is 12.8. The number of hydrogen-bond acceptors (Lipinski definition) is 3. The molecule has 0 atom stereocenters. The Balaban J connectivity index is 1.53. The number of halogens is 1. The van der Waals surface area contributed by atoms with Crippen molar-refractivity contribution in [2.45, 2.75) is 27.3 Å². The molecule has 0 unspecified atom stereocenters. The molecule has 0 fully saturated rings. The first kappa shape index (κ1) is 19.6. The highest BCUT2D eigenvalue weighted by Gasteiger charge is 2.18. The second kappa shape index (κ2) is 7.94. The number of amides is 1. The van der Waals surface area contributed by atoms with Gasteiger partial charge in [-0.05, 0) is 32.9 Å². The third kappa shape index (κ3) is 3.87. The normalized spacial score (nSPS) is 10.9. The average molecular weight is 403 g/mol. The third-order valence-electron chi connectivity index (χ3n) is 5.07. The zero-order valence-electron chi connectivity index (χ0n) is 17.0. The fraction of sp³-hybridized carbons (Fsp3) is 0.174. The van der Waals surface area contributed by atoms with Gasteiger partial charge in [0.1, 0.15) is 11.5 Å². The monoisotopic (exact) mass is 403 g/mol. The Morgan fingerprint density at radius 1 is 1.10 bits per heavy atom. The number of aromatic amines is 1. The lowest BCUT2D eigenvalue weighted by Gasteiger charge is -2.07. The lowest BCUT2D eigenvalue weighted by Crippen LogP contribution is -2.14. The molecule has 2 heterocycles. The molecule has 6 nitrogen and oxygen atoms in total. The van der Waals surface area contributed by atoms with Crippen molar-refractivity contribution < 1.29 is 9.18 Å². The van der Waals surface area contributed by atoms with Gasteiger partial charge in [-0.15, -0.1) is 0 Å². The molecule has 0 aliphatic rings. The van der Waals surface area contributed by atoms with Crippen molar-refractivity contribution in [3.05, 3.63) is 88.6 Å². The summed E-state index contributed by atoms with van der Waals surface area (Å²) >= 11 is 0. The van der Waals surface area contributed by atoms with Gasteiger partial charge in [0.05, 0.1) is 29.3 Å². The number of hydrogen-bond donors (Lipinski definition) is 2. The molecular weight excluding hydrogens is 381 g/mol. The second-order valence-corrected chi connectivity index (χ2v) is 7.28. The summed E-state index contributed by atoms with van der Waals surface area (Å²) in [5.41, 5.74) is 5.71. The molecule has 1 amide bonds. The zero-order valence-corrected chi connectivity index (χ0v) is 17.0. The van der Waals surface area contributed by atoms with E-state index in [4.69, 9.17) is 0 Å². The van der Waals surface area contributed by atoms with Crippen molar-refractivity contribution in [1.29, 1.82) is 0 Å². The molecule has 4 rings (SSSR count). The summed E-state index contributed by atoms with van der Waals surface area (Å²) in [6, 6.07) is 16.2. The minimum atomic E-state index is -0.308. The van der Waals surface area contributed by atoms with Gasteiger partial charge in [0, 0.05) is 11.1 Å². The Morgan fingerprint density at radius 3 is 2.57 bits per heavy atom. The van der Waals surface area contributed by atoms with Gasteiger partial charge in [-0.25, -0.2) is 4.39 Å². The van der Waals surface area contributed by atoms with Crippen molar-refractivity contribution in [2.24, 2.45) is 0 Å². The van der Waals surface area contributed by atoms with Crippen molar-refractivity contribution in [3.63, 3.8) is 0 Å². The third-order valence-corrected chi connectivity index (χ3v) is 5.07. The number of rotatable bonds is 5. The van der Waals surface area contributed by atoms with Crippen molar-refractivity contribution in [1.82, 2.24) is 20.0 Å². The summed E-state index contributed by atoms with van der Waals surface area (Å²) in [7, 11) is 0. The fourth-order valence-corrected chi connectivity index (χ4v) is 3.31. The fourth-order valence-electron chi connectivity index (χ4n) is 3.31. The SMILES string of the molecule is Cc1ccc(-c2cc(C(=O)Nc3c(C)nn(Cc4ccccc4F)c3C)[nH]n2)cc1. The van der Waals surface area contributed by atoms with E-state index >= 15 is 0 Å². The largest absolute Gasteiger partial charge is 0.318 e. The smallest absolute Gasteiger partial charge is 0.273 e. The number of carbonyl (C=O) groups excluding carboxylic acids is 1. The van der Waals surface area contributed by atoms with Gasteiger partial charge >= 0.3 is 0 Å². The number of carbonyl (C=O) groups is 1. The number of nitrogens with one attached hydrogen (secondary N) is 2. The minimum Gasteiger partial charge on any atom is -0.318 e. The van der Waals surface area contributed by atoms with Gasteiger partial charge in [-0.3, -0.25) is 14.6 Å². The first-order chi connectivity index (χ1) is 14.4. The summed E-state index contributed by atoms with van der Waals surface area (Å²) in [6.45, 7) is 5.97. The maximum atomic E-state index is 14.0. The van der Waals surface area contributed by atoms with Crippen LogP contribution in [0.5, 0.6) is 0 Å². The highest BCUT2D eigenvalue weighted by Crippen LogP contribution is 2.23. The predicted molar refractivity (Wildman–Crippen MR) is 114 cm³/mol. The zero-order chi connectivity index (χ0) is 21.3. The lowest BCUT2D eigenvalue weighted by atomic mass is 10.1. The van der Waals surface area contributed by atoms with Gasteiger partial charge in [0.2, 0.25) is 0 Å². The van der Waals surface area contributed by atoms with E-state index in [0.29, 0.717) is 28.3 Å². The van der Waals surface area contributed by atoms with Crippen LogP contribution in [0.4, 0.5) is 10.1 Å². The number of aryl methyl sites for hydroxylation is 2. The lowest BCUT2D eigenvalue weighted by molar-refractivity contribution is 0.102. The van der Waals surface area contributed by atoms with Gasteiger partial charge in [-0.2, -0.15) is 10.2 Å². The molecule has 0 bridgehead atoms. The molecule has 0 spiro atoms. The molecule has 0 aliphatic heterocycles. The first-order valence-electron chi connectivity index (χ1n) is 9.63. The maximum Gasteiger partial charge on any atom is 0.273 e. The van der Waals surface area contributed by atoms with Crippen LogP contribution in [-0.4, -0.2) is 25.9 Å². The standard InChI is InChI=1S/C23H22FN5O/c1-14-8-10-17(11-9-14)20-12-21(27-26-20)23(30)25-22-15(2)28-29(16(22)3)13-18-6-4-5-7-19(18)24/h4-12H,13H2,1-3H3,(H,25,30)(H,26,27). The Hall–Kier alpha value is -3.74. The van der Waals surface area contributed by atoms with Crippen molar-refractivity contribution >= 4 is 11.6 Å². The number of benzene rings is 2. The van der Waals surface area contributed by atoms with Gasteiger partial charge in [0.25, 0.3) is 5.91 Å². The van der Waals surface area contributed by atoms with E-state index in [1.54, 1.807) is 28.9 Å². The van der Waals surface area contributed by atoms with Crippen LogP contribution in [0.2, 0.25) is 0 Å². The molecule has 0 radical (unpaired) electrons. The quantitative estimate of drug-likeness (QED) is 0.510. The molecule has 0 aliphatic carbocycles. The number of aromatic nitrogens is 4. The number of H-pyrrole nitrogens is 1. The molecular formula is C23H22FN5O. The first-order valence-corrected chi connectivity index (χ1v) is 9.63. The molecule has 30 heavy (non-hydrogen) atoms. The van der Waals surface area contributed by atoms with Crippen LogP contribution in [0, 0.1) is 26.6 Å². The number of anilines is 1. The molecule has 0 saturated carbocycles. The Morgan fingerprint density at radius 2 is 1.83 bits per heavy atom. The molecule has 4 aromatic rings. The topological polar surface area (TPSA) is 75.6 Å². The van der Waals surface area contributed by atoms with Crippen LogP contribution in [0.1, 0.15) is 33.0 Å². The van der Waals surface area contributed by atoms with Crippen LogP contribution in [-0.2, 0) is 6.54 Å². The molecule has 0 saturated heterocycles. The van der Waals surface area contributed by atoms with E-state index < -0.39 is 0 Å². The Labute approximate surface area is 173 Å². The van der Waals surface area contributed by atoms with Gasteiger partial charge in [-0.1, -0.05) is 48.0 Å². The van der Waals surface area contributed by atoms with Crippen LogP contribution in [0.3, 0.4) is 0 Å². The molecule has 2 aromatic carbocycles. The summed E-state index contributed by atoms with van der Waals surface area (Å²) in [6.07, 6.45) is 0. The van der Waals surface area contributed by atoms with Crippen LogP contribution >= 0.6 is 0 Å². The molecule has 2 aromatic heterocycles. The molecule has 152 valence electrons. The summed E-state index contributed by atoms with van der Waals surface area (Å²) in [5, 5.41) is 14.4. The minimum absolute atomic E-state index is 0.281. The van der Waals surface area contributed by atoms with Gasteiger partial charge < -0.3 is 5.32 Å². The van der Waals surface area contributed by atoms with Crippen LogP contribution in [0.15, 0.2) is 54.6 Å². The van der Waals surface area contributed by atoms with Gasteiger partial charge in [0.15, 0.2) is 0 Å². The Kier molecular flexibility index (Phi) is 5.18. The highest BCUT2D eigenvalue weighted by atomic mass is 19.1.